The zero-order valence-electron chi connectivity index (χ0n) is 15.3. The molecule has 0 spiro atoms. The van der Waals surface area contributed by atoms with Crippen LogP contribution in [0.3, 0.4) is 0 Å². The van der Waals surface area contributed by atoms with Gasteiger partial charge in [-0.1, -0.05) is 20.3 Å². The van der Waals surface area contributed by atoms with Crippen molar-refractivity contribution in [1.29, 1.82) is 0 Å². The lowest BCUT2D eigenvalue weighted by molar-refractivity contribution is -0.128. The number of hydrogen-bond acceptors (Lipinski definition) is 3. The van der Waals surface area contributed by atoms with Crippen molar-refractivity contribution in [1.82, 2.24) is 10.2 Å². The Morgan fingerprint density at radius 1 is 1.22 bits per heavy atom. The maximum absolute atomic E-state index is 12.7. The molecule has 1 aliphatic heterocycles. The van der Waals surface area contributed by atoms with E-state index >= 15 is 0 Å². The molecule has 2 aliphatic carbocycles. The monoisotopic (exact) mass is 321 g/mol. The van der Waals surface area contributed by atoms with Gasteiger partial charge in [0.15, 0.2) is 0 Å². The molecular weight excluding hydrogens is 286 g/mol. The third-order valence-corrected chi connectivity index (χ3v) is 7.07. The van der Waals surface area contributed by atoms with Crippen LogP contribution in [-0.2, 0) is 4.79 Å². The second-order valence-corrected chi connectivity index (χ2v) is 9.17. The van der Waals surface area contributed by atoms with Crippen LogP contribution in [-0.4, -0.2) is 42.0 Å². The van der Waals surface area contributed by atoms with Gasteiger partial charge in [-0.05, 0) is 62.7 Å². The molecule has 1 saturated heterocycles. The van der Waals surface area contributed by atoms with Gasteiger partial charge in [0.1, 0.15) is 0 Å². The highest BCUT2D eigenvalue weighted by molar-refractivity contribution is 5.81. The van der Waals surface area contributed by atoms with Crippen molar-refractivity contribution in [3.63, 3.8) is 0 Å². The molecule has 2 bridgehead atoms. The number of rotatable bonds is 4. The quantitative estimate of drug-likeness (QED) is 0.836. The second-order valence-electron chi connectivity index (χ2n) is 9.17. The molecule has 23 heavy (non-hydrogen) atoms. The minimum Gasteiger partial charge on any atom is -0.352 e. The molecule has 0 radical (unpaired) electrons. The summed E-state index contributed by atoms with van der Waals surface area (Å²) in [4.78, 5) is 15.0. The van der Waals surface area contributed by atoms with Gasteiger partial charge in [0, 0.05) is 25.2 Å². The largest absolute Gasteiger partial charge is 0.352 e. The van der Waals surface area contributed by atoms with E-state index in [9.17, 15) is 4.79 Å². The van der Waals surface area contributed by atoms with Gasteiger partial charge in [-0.2, -0.15) is 0 Å². The fourth-order valence-corrected chi connectivity index (χ4v) is 5.27. The van der Waals surface area contributed by atoms with Gasteiger partial charge >= 0.3 is 0 Å². The Bertz CT molecular complexity index is 450. The molecule has 0 aromatic carbocycles. The van der Waals surface area contributed by atoms with E-state index in [4.69, 9.17) is 5.73 Å². The van der Waals surface area contributed by atoms with Crippen LogP contribution >= 0.6 is 0 Å². The Kier molecular flexibility index (Phi) is 4.76. The molecule has 4 nitrogen and oxygen atoms in total. The van der Waals surface area contributed by atoms with Crippen LogP contribution in [0.4, 0.5) is 0 Å². The first-order chi connectivity index (χ1) is 10.8. The molecule has 2 saturated carbocycles. The van der Waals surface area contributed by atoms with Crippen molar-refractivity contribution >= 4 is 5.91 Å². The molecule has 1 amide bonds. The van der Waals surface area contributed by atoms with E-state index in [-0.39, 0.29) is 23.4 Å². The van der Waals surface area contributed by atoms with E-state index in [1.165, 1.54) is 25.7 Å². The van der Waals surface area contributed by atoms with E-state index in [1.807, 2.05) is 0 Å². The minimum absolute atomic E-state index is 0.0529. The lowest BCUT2D eigenvalue weighted by Gasteiger charge is -2.44. The number of likely N-dealkylation sites (tertiary alicyclic amines) is 1. The molecule has 3 aliphatic rings. The van der Waals surface area contributed by atoms with Gasteiger partial charge in [0.25, 0.3) is 0 Å². The Morgan fingerprint density at radius 2 is 1.96 bits per heavy atom. The van der Waals surface area contributed by atoms with Gasteiger partial charge < -0.3 is 11.1 Å². The van der Waals surface area contributed by atoms with Crippen molar-refractivity contribution in [2.75, 3.05) is 13.1 Å². The Morgan fingerprint density at radius 3 is 2.52 bits per heavy atom. The number of amides is 1. The van der Waals surface area contributed by atoms with Gasteiger partial charge in [-0.3, -0.25) is 9.69 Å². The Balaban J connectivity index is 1.53. The van der Waals surface area contributed by atoms with Crippen LogP contribution in [0.5, 0.6) is 0 Å². The number of nitrogens with two attached hydrogens (primary N) is 1. The average Bonchev–Trinajstić information content (AvgIpc) is 3.12. The highest BCUT2D eigenvalue weighted by Crippen LogP contribution is 2.49. The topological polar surface area (TPSA) is 58.4 Å². The predicted octanol–water partition coefficient (Wildman–Crippen LogP) is 2.38. The zero-order valence-corrected chi connectivity index (χ0v) is 15.3. The minimum atomic E-state index is -0.0529. The average molecular weight is 322 g/mol. The van der Waals surface area contributed by atoms with E-state index in [2.05, 4.69) is 37.9 Å². The molecule has 0 aromatic heterocycles. The number of fused-ring (bicyclic) bond motifs is 2. The first-order valence-electron chi connectivity index (χ1n) is 9.58. The van der Waals surface area contributed by atoms with Gasteiger partial charge in [-0.25, -0.2) is 0 Å². The highest BCUT2D eigenvalue weighted by Gasteiger charge is 2.43. The number of carbonyl (C=O) groups is 1. The van der Waals surface area contributed by atoms with E-state index < -0.39 is 0 Å². The van der Waals surface area contributed by atoms with Crippen LogP contribution in [0.1, 0.15) is 59.8 Å². The summed E-state index contributed by atoms with van der Waals surface area (Å²) in [5.74, 6) is 2.70. The Hall–Kier alpha value is -0.610. The molecule has 4 heteroatoms. The molecule has 3 N–H and O–H groups in total. The zero-order chi connectivity index (χ0) is 16.8. The summed E-state index contributed by atoms with van der Waals surface area (Å²) in [5, 5.41) is 3.33. The SMILES string of the molecule is CC(NC(=O)C(C)N1CCC(N)C(C)(C)C1)C1CC2CCC1C2. The van der Waals surface area contributed by atoms with E-state index in [1.54, 1.807) is 0 Å². The fourth-order valence-electron chi connectivity index (χ4n) is 5.27. The lowest BCUT2D eigenvalue weighted by atomic mass is 9.79. The van der Waals surface area contributed by atoms with Crippen LogP contribution in [0, 0.1) is 23.2 Å². The lowest BCUT2D eigenvalue weighted by Crippen LogP contribution is -2.58. The standard InChI is InChI=1S/C19H35N3O/c1-12(16-10-14-5-6-15(16)9-14)21-18(23)13(2)22-8-7-17(20)19(3,4)11-22/h12-17H,5-11,20H2,1-4H3,(H,21,23). The second kappa shape index (κ2) is 6.36. The molecule has 6 unspecified atom stereocenters. The van der Waals surface area contributed by atoms with E-state index in [0.29, 0.717) is 12.0 Å². The summed E-state index contributed by atoms with van der Waals surface area (Å²) in [5.41, 5.74) is 6.31. The van der Waals surface area contributed by atoms with Crippen LogP contribution in [0.15, 0.2) is 0 Å². The number of carbonyl (C=O) groups excluding carboxylic acids is 1. The van der Waals surface area contributed by atoms with Crippen LogP contribution < -0.4 is 11.1 Å². The van der Waals surface area contributed by atoms with Crippen molar-refractivity contribution in [3.05, 3.63) is 0 Å². The Labute approximate surface area is 141 Å². The fraction of sp³-hybridized carbons (Fsp3) is 0.947. The molecule has 0 aromatic rings. The van der Waals surface area contributed by atoms with Gasteiger partial charge in [0.2, 0.25) is 5.91 Å². The van der Waals surface area contributed by atoms with Crippen LogP contribution in [0.25, 0.3) is 0 Å². The highest BCUT2D eigenvalue weighted by atomic mass is 16.2. The summed E-state index contributed by atoms with van der Waals surface area (Å²) in [6.07, 6.45) is 6.50. The first-order valence-corrected chi connectivity index (χ1v) is 9.58. The number of nitrogens with one attached hydrogen (secondary N) is 1. The van der Waals surface area contributed by atoms with Crippen LogP contribution in [0.2, 0.25) is 0 Å². The summed E-state index contributed by atoms with van der Waals surface area (Å²) in [6, 6.07) is 0.505. The first kappa shape index (κ1) is 17.2. The molecule has 6 atom stereocenters. The summed E-state index contributed by atoms with van der Waals surface area (Å²) < 4.78 is 0. The molecule has 1 heterocycles. The summed E-state index contributed by atoms with van der Waals surface area (Å²) in [7, 11) is 0. The molecule has 3 rings (SSSR count). The van der Waals surface area contributed by atoms with Crippen molar-refractivity contribution < 1.29 is 4.79 Å². The molecule has 3 fully saturated rings. The normalized spacial score (nSPS) is 39.2. The predicted molar refractivity (Wildman–Crippen MR) is 94.0 cm³/mol. The van der Waals surface area contributed by atoms with Crippen molar-refractivity contribution in [2.24, 2.45) is 28.9 Å². The number of nitrogens with zero attached hydrogens (tertiary/aromatic N) is 1. The van der Waals surface area contributed by atoms with Crippen molar-refractivity contribution in [3.8, 4) is 0 Å². The number of hydrogen-bond donors (Lipinski definition) is 2. The van der Waals surface area contributed by atoms with Gasteiger partial charge in [-0.15, -0.1) is 0 Å². The van der Waals surface area contributed by atoms with E-state index in [0.717, 1.165) is 31.3 Å². The number of piperidine rings is 1. The molecular formula is C19H35N3O. The third kappa shape index (κ3) is 3.43. The van der Waals surface area contributed by atoms with Crippen molar-refractivity contribution in [2.45, 2.75) is 77.9 Å². The summed E-state index contributed by atoms with van der Waals surface area (Å²) in [6.45, 7) is 10.5. The maximum atomic E-state index is 12.7. The van der Waals surface area contributed by atoms with Gasteiger partial charge in [0.05, 0.1) is 6.04 Å². The molecule has 132 valence electrons. The maximum Gasteiger partial charge on any atom is 0.237 e. The summed E-state index contributed by atoms with van der Waals surface area (Å²) >= 11 is 0. The third-order valence-electron chi connectivity index (χ3n) is 7.07. The smallest absolute Gasteiger partial charge is 0.237 e.